The van der Waals surface area contributed by atoms with E-state index in [4.69, 9.17) is 4.74 Å². The van der Waals surface area contributed by atoms with E-state index in [2.05, 4.69) is 29.2 Å². The molecule has 0 spiro atoms. The van der Waals surface area contributed by atoms with Gasteiger partial charge >= 0.3 is 0 Å². The Bertz CT molecular complexity index is 710. The highest BCUT2D eigenvalue weighted by Crippen LogP contribution is 2.60. The van der Waals surface area contributed by atoms with Gasteiger partial charge in [0.15, 0.2) is 5.78 Å². The summed E-state index contributed by atoms with van der Waals surface area (Å²) >= 11 is 0. The van der Waals surface area contributed by atoms with Crippen molar-refractivity contribution in [2.24, 2.45) is 11.8 Å². The lowest BCUT2D eigenvalue weighted by molar-refractivity contribution is 0.0958. The fourth-order valence-corrected chi connectivity index (χ4v) is 3.78. The van der Waals surface area contributed by atoms with Gasteiger partial charge in [0.25, 0.3) is 0 Å². The van der Waals surface area contributed by atoms with E-state index >= 15 is 0 Å². The molecule has 3 unspecified atom stereocenters. The van der Waals surface area contributed by atoms with Gasteiger partial charge in [-0.2, -0.15) is 0 Å². The topological polar surface area (TPSA) is 39.2 Å². The lowest BCUT2D eigenvalue weighted by Gasteiger charge is -2.13. The van der Waals surface area contributed by atoms with Gasteiger partial charge in [0, 0.05) is 17.7 Å². The van der Waals surface area contributed by atoms with Crippen LogP contribution in [0.1, 0.15) is 33.8 Å². The molecule has 2 aliphatic rings. The van der Waals surface area contributed by atoms with Gasteiger partial charge in [0.2, 0.25) is 0 Å². The fraction of sp³-hybridized carbons (Fsp3) is 0.333. The highest BCUT2D eigenvalue weighted by atomic mass is 16.5. The average Bonchev–Trinajstić information content (AvgIpc) is 3.29. The molecule has 21 heavy (non-hydrogen) atoms. The predicted molar refractivity (Wildman–Crippen MR) is 79.6 cm³/mol. The van der Waals surface area contributed by atoms with Crippen molar-refractivity contribution in [2.45, 2.75) is 18.8 Å². The first-order valence-electron chi connectivity index (χ1n) is 7.40. The fourth-order valence-electron chi connectivity index (χ4n) is 3.78. The number of nitrogens with zero attached hydrogens (tertiary/aromatic N) is 1. The molecule has 2 aromatic rings. The molecule has 1 saturated carbocycles. The summed E-state index contributed by atoms with van der Waals surface area (Å²) in [5.74, 6) is 1.91. The monoisotopic (exact) mass is 279 g/mol. The summed E-state index contributed by atoms with van der Waals surface area (Å²) in [4.78, 5) is 16.9. The SMILES string of the molecule is COc1cncc(C(=O)C2C3CCc4ccccc4C32)c1. The number of methoxy groups -OCH3 is 1. The number of hydrogen-bond donors (Lipinski definition) is 0. The Morgan fingerprint density at radius 1 is 1.29 bits per heavy atom. The van der Waals surface area contributed by atoms with Crippen LogP contribution >= 0.6 is 0 Å². The zero-order valence-electron chi connectivity index (χ0n) is 12.0. The molecular formula is C18H17NO2. The van der Waals surface area contributed by atoms with Crippen LogP contribution in [0.4, 0.5) is 0 Å². The minimum atomic E-state index is 0.127. The second-order valence-corrected chi connectivity index (χ2v) is 5.93. The van der Waals surface area contributed by atoms with Gasteiger partial charge in [-0.3, -0.25) is 9.78 Å². The number of carbonyl (C=O) groups excluding carboxylic acids is 1. The van der Waals surface area contributed by atoms with Crippen LogP contribution in [0.5, 0.6) is 5.75 Å². The van der Waals surface area contributed by atoms with Crippen molar-refractivity contribution in [3.63, 3.8) is 0 Å². The second kappa shape index (κ2) is 4.69. The number of hydrogen-bond acceptors (Lipinski definition) is 3. The van der Waals surface area contributed by atoms with Crippen LogP contribution in [0.25, 0.3) is 0 Å². The summed E-state index contributed by atoms with van der Waals surface area (Å²) in [7, 11) is 1.60. The van der Waals surface area contributed by atoms with Crippen molar-refractivity contribution in [1.82, 2.24) is 4.98 Å². The zero-order valence-corrected chi connectivity index (χ0v) is 12.0. The third kappa shape index (κ3) is 1.96. The maximum Gasteiger partial charge on any atom is 0.168 e. The van der Waals surface area contributed by atoms with Crippen molar-refractivity contribution in [1.29, 1.82) is 0 Å². The number of aromatic nitrogens is 1. The number of Topliss-reactive ketones (excluding diaryl/α,β-unsaturated/α-hetero) is 1. The van der Waals surface area contributed by atoms with E-state index in [-0.39, 0.29) is 11.7 Å². The highest BCUT2D eigenvalue weighted by Gasteiger charge is 2.56. The minimum Gasteiger partial charge on any atom is -0.495 e. The predicted octanol–water partition coefficient (Wildman–Crippen LogP) is 3.25. The number of carbonyl (C=O) groups is 1. The molecule has 0 aliphatic heterocycles. The molecule has 0 bridgehead atoms. The van der Waals surface area contributed by atoms with Crippen LogP contribution < -0.4 is 4.74 Å². The average molecular weight is 279 g/mol. The molecule has 0 amide bonds. The van der Waals surface area contributed by atoms with E-state index in [0.29, 0.717) is 23.1 Å². The molecule has 4 rings (SSSR count). The number of aryl methyl sites for hydroxylation is 1. The first-order valence-corrected chi connectivity index (χ1v) is 7.40. The molecule has 1 aromatic heterocycles. The van der Waals surface area contributed by atoms with E-state index in [1.54, 1.807) is 25.6 Å². The van der Waals surface area contributed by atoms with Gasteiger partial charge < -0.3 is 4.74 Å². The molecule has 0 saturated heterocycles. The third-order valence-electron chi connectivity index (χ3n) is 4.87. The van der Waals surface area contributed by atoms with Crippen molar-refractivity contribution < 1.29 is 9.53 Å². The Morgan fingerprint density at radius 3 is 3.00 bits per heavy atom. The van der Waals surface area contributed by atoms with E-state index < -0.39 is 0 Å². The molecule has 3 atom stereocenters. The van der Waals surface area contributed by atoms with Crippen LogP contribution in [-0.2, 0) is 6.42 Å². The van der Waals surface area contributed by atoms with Crippen molar-refractivity contribution in [2.75, 3.05) is 7.11 Å². The largest absolute Gasteiger partial charge is 0.495 e. The second-order valence-electron chi connectivity index (χ2n) is 5.93. The molecule has 3 nitrogen and oxygen atoms in total. The maximum atomic E-state index is 12.8. The van der Waals surface area contributed by atoms with Gasteiger partial charge in [-0.15, -0.1) is 0 Å². The van der Waals surface area contributed by atoms with Crippen LogP contribution in [0.2, 0.25) is 0 Å². The summed E-state index contributed by atoms with van der Waals surface area (Å²) in [6.07, 6.45) is 5.50. The Labute approximate surface area is 124 Å². The van der Waals surface area contributed by atoms with Gasteiger partial charge in [-0.25, -0.2) is 0 Å². The normalized spacial score (nSPS) is 25.7. The molecule has 106 valence electrons. The lowest BCUT2D eigenvalue weighted by Crippen LogP contribution is -2.05. The van der Waals surface area contributed by atoms with Crippen LogP contribution in [0, 0.1) is 11.8 Å². The highest BCUT2D eigenvalue weighted by molar-refractivity contribution is 6.01. The van der Waals surface area contributed by atoms with Gasteiger partial charge in [-0.1, -0.05) is 24.3 Å². The Balaban J connectivity index is 1.63. The van der Waals surface area contributed by atoms with Crippen molar-refractivity contribution in [3.8, 4) is 5.75 Å². The van der Waals surface area contributed by atoms with Crippen molar-refractivity contribution in [3.05, 3.63) is 59.4 Å². The zero-order chi connectivity index (χ0) is 14.4. The molecule has 0 radical (unpaired) electrons. The number of ether oxygens (including phenoxy) is 1. The first kappa shape index (κ1) is 12.6. The minimum absolute atomic E-state index is 0.127. The van der Waals surface area contributed by atoms with E-state index in [0.717, 1.165) is 12.8 Å². The molecule has 1 aromatic carbocycles. The molecule has 3 heteroatoms. The molecule has 1 fully saturated rings. The van der Waals surface area contributed by atoms with Crippen LogP contribution in [-0.4, -0.2) is 17.9 Å². The van der Waals surface area contributed by atoms with Gasteiger partial charge in [0.1, 0.15) is 5.75 Å². The Hall–Kier alpha value is -2.16. The molecular weight excluding hydrogens is 262 g/mol. The number of ketones is 1. The summed E-state index contributed by atoms with van der Waals surface area (Å²) in [5.41, 5.74) is 3.46. The lowest BCUT2D eigenvalue weighted by atomic mass is 9.92. The maximum absolute atomic E-state index is 12.8. The Morgan fingerprint density at radius 2 is 2.14 bits per heavy atom. The standard InChI is InChI=1S/C18H17NO2/c1-21-13-8-12(9-19-10-13)18(20)17-15-7-6-11-4-2-3-5-14(11)16(15)17/h2-5,8-10,15-17H,6-7H2,1H3. The first-order chi connectivity index (χ1) is 10.3. The molecule has 1 heterocycles. The van der Waals surface area contributed by atoms with Crippen LogP contribution in [0.15, 0.2) is 42.7 Å². The third-order valence-corrected chi connectivity index (χ3v) is 4.87. The number of rotatable bonds is 3. The molecule has 2 aliphatic carbocycles. The van der Waals surface area contributed by atoms with E-state index in [1.165, 1.54) is 11.1 Å². The smallest absolute Gasteiger partial charge is 0.168 e. The summed E-state index contributed by atoms with van der Waals surface area (Å²) in [5, 5.41) is 0. The van der Waals surface area contributed by atoms with Gasteiger partial charge in [-0.05, 0) is 41.9 Å². The summed E-state index contributed by atoms with van der Waals surface area (Å²) in [6.45, 7) is 0. The number of pyridine rings is 1. The number of benzene rings is 1. The molecule has 0 N–H and O–H groups in total. The Kier molecular flexibility index (Phi) is 2.81. The van der Waals surface area contributed by atoms with Crippen molar-refractivity contribution >= 4 is 5.78 Å². The number of fused-ring (bicyclic) bond motifs is 3. The summed E-state index contributed by atoms with van der Waals surface area (Å²) < 4.78 is 5.17. The van der Waals surface area contributed by atoms with E-state index in [9.17, 15) is 4.79 Å². The van der Waals surface area contributed by atoms with Gasteiger partial charge in [0.05, 0.1) is 13.3 Å². The quantitative estimate of drug-likeness (QED) is 0.810. The summed E-state index contributed by atoms with van der Waals surface area (Å²) in [6, 6.07) is 10.3. The van der Waals surface area contributed by atoms with Crippen LogP contribution in [0.3, 0.4) is 0 Å². The van der Waals surface area contributed by atoms with E-state index in [1.807, 2.05) is 0 Å².